The molecule has 0 bridgehead atoms. The van der Waals surface area contributed by atoms with Crippen LogP contribution in [-0.4, -0.2) is 52.9 Å². The van der Waals surface area contributed by atoms with Crippen molar-refractivity contribution in [1.29, 1.82) is 0 Å². The molecule has 1 aliphatic heterocycles. The molecule has 1 aliphatic rings. The van der Waals surface area contributed by atoms with Gasteiger partial charge in [0.25, 0.3) is 0 Å². The van der Waals surface area contributed by atoms with Crippen molar-refractivity contribution in [3.8, 4) is 0 Å². The van der Waals surface area contributed by atoms with Gasteiger partial charge in [-0.15, -0.1) is 0 Å². The van der Waals surface area contributed by atoms with Crippen LogP contribution in [0.1, 0.15) is 30.4 Å². The predicted octanol–water partition coefficient (Wildman–Crippen LogP) is 0.321. The summed E-state index contributed by atoms with van der Waals surface area (Å²) >= 11 is 0. The molecule has 10 nitrogen and oxygen atoms in total. The van der Waals surface area contributed by atoms with Gasteiger partial charge in [0.15, 0.2) is 18.5 Å². The van der Waals surface area contributed by atoms with Crippen molar-refractivity contribution in [3.05, 3.63) is 42.2 Å². The van der Waals surface area contributed by atoms with Crippen molar-refractivity contribution >= 4 is 23.9 Å². The lowest BCUT2D eigenvalue weighted by Gasteiger charge is -2.17. The maximum Gasteiger partial charge on any atom is 0.341 e. The van der Waals surface area contributed by atoms with Crippen molar-refractivity contribution < 1.29 is 48.2 Å². The van der Waals surface area contributed by atoms with Gasteiger partial charge in [0.2, 0.25) is 0 Å². The zero-order valence-corrected chi connectivity index (χ0v) is 15.2. The summed E-state index contributed by atoms with van der Waals surface area (Å²) in [6.07, 6.45) is 2.12. The Morgan fingerprint density at radius 1 is 1.25 bits per heavy atom. The first-order valence-corrected chi connectivity index (χ1v) is 8.33. The summed E-state index contributed by atoms with van der Waals surface area (Å²) in [5.41, 5.74) is 0.0222. The van der Waals surface area contributed by atoms with E-state index in [0.29, 0.717) is 6.08 Å². The number of carboxylic acids is 2. The number of carbonyl (C=O) groups excluding carboxylic acids is 2. The lowest BCUT2D eigenvalue weighted by Crippen LogP contribution is -2.46. The molecule has 1 unspecified atom stereocenters. The van der Waals surface area contributed by atoms with E-state index in [1.807, 2.05) is 0 Å². The molecule has 2 N–H and O–H groups in total. The largest absolute Gasteiger partial charge is 0.478 e. The molecule has 28 heavy (non-hydrogen) atoms. The maximum absolute atomic E-state index is 11.6. The summed E-state index contributed by atoms with van der Waals surface area (Å²) in [5.74, 6) is -4.19. The molecule has 150 valence electrons. The molecule has 0 saturated carbocycles. The average Bonchev–Trinajstić information content (AvgIpc) is 2.93. The lowest BCUT2D eigenvalue weighted by atomic mass is 10.0. The first kappa shape index (κ1) is 21.0. The van der Waals surface area contributed by atoms with Crippen LogP contribution in [0, 0.1) is 5.92 Å². The van der Waals surface area contributed by atoms with Gasteiger partial charge in [0.05, 0.1) is 0 Å². The molecule has 1 fully saturated rings. The summed E-state index contributed by atoms with van der Waals surface area (Å²) in [6, 6.07) is 2.93. The zero-order chi connectivity index (χ0) is 20.8. The Balaban J connectivity index is 2.17. The summed E-state index contributed by atoms with van der Waals surface area (Å²) in [7, 11) is 0. The predicted molar refractivity (Wildman–Crippen MR) is 90.0 cm³/mol. The van der Waals surface area contributed by atoms with E-state index >= 15 is 0 Å². The molecule has 0 radical (unpaired) electrons. The van der Waals surface area contributed by atoms with Crippen molar-refractivity contribution in [1.82, 2.24) is 0 Å². The smallest absolute Gasteiger partial charge is 0.341 e. The first-order valence-electron chi connectivity index (χ1n) is 8.33. The molecule has 0 amide bonds. The number of carboxylic acid groups (broad SMARTS) is 2. The van der Waals surface area contributed by atoms with Crippen molar-refractivity contribution in [2.75, 3.05) is 6.61 Å². The number of carbonyl (C=O) groups is 4. The minimum Gasteiger partial charge on any atom is -0.478 e. The van der Waals surface area contributed by atoms with Crippen LogP contribution in [0.5, 0.6) is 0 Å². The lowest BCUT2D eigenvalue weighted by molar-refractivity contribution is -0.765. The second-order valence-corrected chi connectivity index (χ2v) is 6.14. The van der Waals surface area contributed by atoms with Gasteiger partial charge in [0, 0.05) is 31.1 Å². The SMILES string of the molecule is CC(=O)OC1[C@H]([n+]2cccc(C(=O)O)c2)O[C@H](COC(=O)/C=C/C(=O)O)[C@H]1C. The zero-order valence-electron chi connectivity index (χ0n) is 15.2. The number of rotatable bonds is 7. The molecule has 1 aromatic heterocycles. The van der Waals surface area contributed by atoms with Crippen molar-refractivity contribution in [2.24, 2.45) is 5.92 Å². The van der Waals surface area contributed by atoms with E-state index < -0.39 is 42.3 Å². The number of pyridine rings is 1. The molecule has 0 aliphatic carbocycles. The minimum absolute atomic E-state index is 0.0222. The summed E-state index contributed by atoms with van der Waals surface area (Å²) in [5, 5.41) is 17.7. The number of aromatic carboxylic acids is 1. The monoisotopic (exact) mass is 394 g/mol. The van der Waals surface area contributed by atoms with Crippen LogP contribution in [0.3, 0.4) is 0 Å². The van der Waals surface area contributed by atoms with Gasteiger partial charge in [0.1, 0.15) is 18.3 Å². The Hall–Kier alpha value is -3.27. The number of esters is 2. The van der Waals surface area contributed by atoms with E-state index in [0.717, 1.165) is 6.08 Å². The highest BCUT2D eigenvalue weighted by molar-refractivity contribution is 5.90. The quantitative estimate of drug-likeness (QED) is 0.380. The van der Waals surface area contributed by atoms with Crippen LogP contribution < -0.4 is 4.57 Å². The van der Waals surface area contributed by atoms with Crippen LogP contribution in [0.15, 0.2) is 36.7 Å². The standard InChI is InChI=1S/C18H19NO9/c1-10-13(9-26-15(23)6-5-14(21)22)28-17(16(10)27-11(2)20)19-7-3-4-12(8-19)18(24)25/h3-8,10,13,16-17H,9H2,1-2H3,(H-,21,22,24,25)/p+1/b6-5+/t10-,13-,16?,17-/m1/s1. The summed E-state index contributed by atoms with van der Waals surface area (Å²) < 4.78 is 17.7. The molecule has 0 spiro atoms. The van der Waals surface area contributed by atoms with E-state index in [1.165, 1.54) is 29.8 Å². The van der Waals surface area contributed by atoms with Crippen molar-refractivity contribution in [2.45, 2.75) is 32.3 Å². The third kappa shape index (κ3) is 5.36. The topological polar surface area (TPSA) is 140 Å². The average molecular weight is 394 g/mol. The summed E-state index contributed by atoms with van der Waals surface area (Å²) in [6.45, 7) is 2.78. The Labute approximate surface area is 159 Å². The molecule has 1 aromatic rings. The van der Waals surface area contributed by atoms with Crippen LogP contribution in [-0.2, 0) is 28.6 Å². The number of aliphatic carboxylic acids is 1. The molecule has 2 rings (SSSR count). The normalized spacial score (nSPS) is 24.1. The third-order valence-corrected chi connectivity index (χ3v) is 4.12. The highest BCUT2D eigenvalue weighted by Crippen LogP contribution is 2.33. The van der Waals surface area contributed by atoms with Gasteiger partial charge in [-0.05, 0) is 6.07 Å². The fraction of sp³-hybridized carbons (Fsp3) is 0.389. The number of hydrogen-bond acceptors (Lipinski definition) is 7. The molecular formula is C18H20NO9+. The molecule has 4 atom stereocenters. The Bertz CT molecular complexity index is 804. The van der Waals surface area contributed by atoms with E-state index in [-0.39, 0.29) is 18.1 Å². The van der Waals surface area contributed by atoms with E-state index in [2.05, 4.69) is 0 Å². The Kier molecular flexibility index (Phi) is 6.83. The van der Waals surface area contributed by atoms with E-state index in [1.54, 1.807) is 13.1 Å². The van der Waals surface area contributed by atoms with Gasteiger partial charge in [-0.25, -0.2) is 14.4 Å². The molecular weight excluding hydrogens is 374 g/mol. The van der Waals surface area contributed by atoms with Gasteiger partial charge in [-0.2, -0.15) is 4.57 Å². The van der Waals surface area contributed by atoms with Crippen molar-refractivity contribution in [3.63, 3.8) is 0 Å². The van der Waals surface area contributed by atoms with Gasteiger partial charge >= 0.3 is 30.1 Å². The number of hydrogen-bond donors (Lipinski definition) is 2. The van der Waals surface area contributed by atoms with Crippen LogP contribution in [0.25, 0.3) is 0 Å². The number of ether oxygens (including phenoxy) is 3. The fourth-order valence-electron chi connectivity index (χ4n) is 2.77. The fourth-order valence-corrected chi connectivity index (χ4v) is 2.77. The number of nitrogens with zero attached hydrogens (tertiary/aromatic N) is 1. The second-order valence-electron chi connectivity index (χ2n) is 6.14. The first-order chi connectivity index (χ1) is 13.2. The minimum atomic E-state index is -1.29. The van der Waals surface area contributed by atoms with Crippen LogP contribution >= 0.6 is 0 Å². The Morgan fingerprint density at radius 2 is 1.96 bits per heavy atom. The Morgan fingerprint density at radius 3 is 2.57 bits per heavy atom. The summed E-state index contributed by atoms with van der Waals surface area (Å²) in [4.78, 5) is 44.7. The highest BCUT2D eigenvalue weighted by Gasteiger charge is 2.50. The molecule has 10 heteroatoms. The van der Waals surface area contributed by atoms with Crippen LogP contribution in [0.4, 0.5) is 0 Å². The maximum atomic E-state index is 11.6. The van der Waals surface area contributed by atoms with Gasteiger partial charge in [-0.3, -0.25) is 4.79 Å². The molecule has 2 heterocycles. The molecule has 1 saturated heterocycles. The molecule has 0 aromatic carbocycles. The van der Waals surface area contributed by atoms with Gasteiger partial charge in [-0.1, -0.05) is 6.92 Å². The third-order valence-electron chi connectivity index (χ3n) is 4.12. The van der Waals surface area contributed by atoms with E-state index in [4.69, 9.17) is 24.4 Å². The number of aromatic nitrogens is 1. The highest BCUT2D eigenvalue weighted by atomic mass is 16.6. The van der Waals surface area contributed by atoms with Crippen LogP contribution in [0.2, 0.25) is 0 Å². The van der Waals surface area contributed by atoms with Gasteiger partial charge < -0.3 is 24.4 Å². The second kappa shape index (κ2) is 9.09. The van der Waals surface area contributed by atoms with E-state index in [9.17, 15) is 19.2 Å².